The lowest BCUT2D eigenvalue weighted by molar-refractivity contribution is 0.199. The second kappa shape index (κ2) is 6.24. The molecule has 0 bridgehead atoms. The van der Waals surface area contributed by atoms with Gasteiger partial charge in [0.2, 0.25) is 0 Å². The maximum absolute atomic E-state index is 3.54. The van der Waals surface area contributed by atoms with Crippen LogP contribution in [0.1, 0.15) is 30.9 Å². The molecule has 0 spiro atoms. The van der Waals surface area contributed by atoms with E-state index in [0.717, 1.165) is 12.5 Å². The molecular formula is C16H26N2. The Bertz CT molecular complexity index is 358. The van der Waals surface area contributed by atoms with Crippen LogP contribution in [-0.4, -0.2) is 31.1 Å². The summed E-state index contributed by atoms with van der Waals surface area (Å²) in [7, 11) is 0. The highest BCUT2D eigenvalue weighted by atomic mass is 15.1. The highest BCUT2D eigenvalue weighted by molar-refractivity contribution is 5.48. The van der Waals surface area contributed by atoms with E-state index in [4.69, 9.17) is 0 Å². The van der Waals surface area contributed by atoms with Crippen molar-refractivity contribution in [2.24, 2.45) is 5.92 Å². The van der Waals surface area contributed by atoms with E-state index in [0.29, 0.717) is 0 Å². The first-order chi connectivity index (χ1) is 8.63. The molecule has 1 aliphatic rings. The molecule has 2 rings (SSSR count). The van der Waals surface area contributed by atoms with Gasteiger partial charge in [0.1, 0.15) is 0 Å². The van der Waals surface area contributed by atoms with E-state index in [2.05, 4.69) is 49.2 Å². The van der Waals surface area contributed by atoms with Crippen molar-refractivity contribution in [1.82, 2.24) is 4.90 Å². The Morgan fingerprint density at radius 1 is 1.11 bits per heavy atom. The second-order valence-electron chi connectivity index (χ2n) is 5.83. The second-order valence-corrected chi connectivity index (χ2v) is 5.83. The maximum Gasteiger partial charge on any atom is 0.0345 e. The summed E-state index contributed by atoms with van der Waals surface area (Å²) in [5, 5.41) is 3.54. The van der Waals surface area contributed by atoms with Gasteiger partial charge in [-0.2, -0.15) is 0 Å². The molecule has 0 aromatic heterocycles. The number of likely N-dealkylation sites (tertiary alicyclic amines) is 1. The van der Waals surface area contributed by atoms with Gasteiger partial charge in [0.15, 0.2) is 0 Å². The van der Waals surface area contributed by atoms with Gasteiger partial charge >= 0.3 is 0 Å². The van der Waals surface area contributed by atoms with Crippen LogP contribution in [0, 0.1) is 19.8 Å². The molecule has 1 saturated heterocycles. The zero-order chi connectivity index (χ0) is 13.0. The van der Waals surface area contributed by atoms with E-state index < -0.39 is 0 Å². The molecule has 100 valence electrons. The number of aryl methyl sites for hydroxylation is 2. The first-order valence-corrected chi connectivity index (χ1v) is 7.18. The average molecular weight is 246 g/mol. The van der Waals surface area contributed by atoms with E-state index in [1.165, 1.54) is 49.3 Å². The summed E-state index contributed by atoms with van der Waals surface area (Å²) in [6.07, 6.45) is 2.73. The fourth-order valence-corrected chi connectivity index (χ4v) is 2.72. The summed E-state index contributed by atoms with van der Waals surface area (Å²) in [5.74, 6) is 0.925. The Morgan fingerprint density at radius 2 is 1.72 bits per heavy atom. The highest BCUT2D eigenvalue weighted by Gasteiger charge is 2.14. The SMILES string of the molecule is Cc1cc(C)cc(NCCN2CCC(C)CC2)c1. The molecule has 1 N–H and O–H groups in total. The highest BCUT2D eigenvalue weighted by Crippen LogP contribution is 2.16. The van der Waals surface area contributed by atoms with Crippen molar-refractivity contribution in [1.29, 1.82) is 0 Å². The zero-order valence-corrected chi connectivity index (χ0v) is 12.0. The van der Waals surface area contributed by atoms with E-state index in [1.54, 1.807) is 0 Å². The third-order valence-corrected chi connectivity index (χ3v) is 3.86. The van der Waals surface area contributed by atoms with Crippen molar-refractivity contribution in [3.05, 3.63) is 29.3 Å². The van der Waals surface area contributed by atoms with Gasteiger partial charge in [-0.05, 0) is 69.0 Å². The van der Waals surface area contributed by atoms with Gasteiger partial charge in [-0.25, -0.2) is 0 Å². The molecule has 1 aliphatic heterocycles. The lowest BCUT2D eigenvalue weighted by Gasteiger charge is -2.30. The number of benzene rings is 1. The van der Waals surface area contributed by atoms with Gasteiger partial charge in [0.05, 0.1) is 0 Å². The third kappa shape index (κ3) is 4.02. The van der Waals surface area contributed by atoms with E-state index in [9.17, 15) is 0 Å². The molecule has 0 unspecified atom stereocenters. The Balaban J connectivity index is 1.74. The Kier molecular flexibility index (Phi) is 4.65. The van der Waals surface area contributed by atoms with Gasteiger partial charge in [0, 0.05) is 18.8 Å². The predicted molar refractivity (Wildman–Crippen MR) is 79.2 cm³/mol. The lowest BCUT2D eigenvalue weighted by Crippen LogP contribution is -2.36. The van der Waals surface area contributed by atoms with Crippen molar-refractivity contribution < 1.29 is 0 Å². The Morgan fingerprint density at radius 3 is 2.33 bits per heavy atom. The van der Waals surface area contributed by atoms with Crippen LogP contribution in [0.3, 0.4) is 0 Å². The fraction of sp³-hybridized carbons (Fsp3) is 0.625. The molecule has 0 saturated carbocycles. The van der Waals surface area contributed by atoms with Crippen molar-refractivity contribution >= 4 is 5.69 Å². The molecule has 2 heteroatoms. The maximum atomic E-state index is 3.54. The topological polar surface area (TPSA) is 15.3 Å². The van der Waals surface area contributed by atoms with Gasteiger partial charge in [0.25, 0.3) is 0 Å². The molecule has 18 heavy (non-hydrogen) atoms. The van der Waals surface area contributed by atoms with Crippen LogP contribution in [0.15, 0.2) is 18.2 Å². The van der Waals surface area contributed by atoms with Crippen LogP contribution < -0.4 is 5.32 Å². The first-order valence-electron chi connectivity index (χ1n) is 7.18. The molecule has 0 amide bonds. The van der Waals surface area contributed by atoms with Crippen LogP contribution >= 0.6 is 0 Å². The van der Waals surface area contributed by atoms with Crippen molar-refractivity contribution in [2.75, 3.05) is 31.5 Å². The summed E-state index contributed by atoms with van der Waals surface area (Å²) in [6.45, 7) is 11.4. The van der Waals surface area contributed by atoms with Gasteiger partial charge < -0.3 is 10.2 Å². The Labute approximate surface area is 111 Å². The zero-order valence-electron chi connectivity index (χ0n) is 12.0. The largest absolute Gasteiger partial charge is 0.384 e. The summed E-state index contributed by atoms with van der Waals surface area (Å²) in [6, 6.07) is 6.67. The molecule has 1 aromatic carbocycles. The Hall–Kier alpha value is -1.02. The molecule has 1 fully saturated rings. The summed E-state index contributed by atoms with van der Waals surface area (Å²) in [4.78, 5) is 2.58. The van der Waals surface area contributed by atoms with E-state index >= 15 is 0 Å². The third-order valence-electron chi connectivity index (χ3n) is 3.86. The van der Waals surface area contributed by atoms with Crippen LogP contribution in [0.25, 0.3) is 0 Å². The first kappa shape index (κ1) is 13.4. The smallest absolute Gasteiger partial charge is 0.0345 e. The number of rotatable bonds is 4. The van der Waals surface area contributed by atoms with E-state index in [1.807, 2.05) is 0 Å². The van der Waals surface area contributed by atoms with Crippen LogP contribution in [-0.2, 0) is 0 Å². The normalized spacial score (nSPS) is 17.9. The minimum Gasteiger partial charge on any atom is -0.384 e. The van der Waals surface area contributed by atoms with Crippen molar-refractivity contribution in [3.63, 3.8) is 0 Å². The number of anilines is 1. The molecule has 1 aromatic rings. The monoisotopic (exact) mass is 246 g/mol. The minimum absolute atomic E-state index is 0.925. The number of hydrogen-bond acceptors (Lipinski definition) is 2. The van der Waals surface area contributed by atoms with Crippen molar-refractivity contribution in [2.45, 2.75) is 33.6 Å². The predicted octanol–water partition coefficient (Wildman–Crippen LogP) is 3.45. The lowest BCUT2D eigenvalue weighted by atomic mass is 9.99. The van der Waals surface area contributed by atoms with Crippen LogP contribution in [0.4, 0.5) is 5.69 Å². The molecule has 0 aliphatic carbocycles. The molecule has 0 atom stereocenters. The number of hydrogen-bond donors (Lipinski definition) is 1. The summed E-state index contributed by atoms with van der Waals surface area (Å²) in [5.41, 5.74) is 3.94. The number of piperidine rings is 1. The van der Waals surface area contributed by atoms with Gasteiger partial charge in [-0.15, -0.1) is 0 Å². The van der Waals surface area contributed by atoms with Gasteiger partial charge in [-0.3, -0.25) is 0 Å². The molecule has 0 radical (unpaired) electrons. The molecule has 1 heterocycles. The quantitative estimate of drug-likeness (QED) is 0.875. The van der Waals surface area contributed by atoms with Crippen molar-refractivity contribution in [3.8, 4) is 0 Å². The minimum atomic E-state index is 0.925. The van der Waals surface area contributed by atoms with Crippen LogP contribution in [0.5, 0.6) is 0 Å². The number of nitrogens with zero attached hydrogens (tertiary/aromatic N) is 1. The van der Waals surface area contributed by atoms with Crippen LogP contribution in [0.2, 0.25) is 0 Å². The number of nitrogens with one attached hydrogen (secondary N) is 1. The molecular weight excluding hydrogens is 220 g/mol. The summed E-state index contributed by atoms with van der Waals surface area (Å²) < 4.78 is 0. The average Bonchev–Trinajstić information content (AvgIpc) is 2.30. The van der Waals surface area contributed by atoms with Gasteiger partial charge in [-0.1, -0.05) is 13.0 Å². The summed E-state index contributed by atoms with van der Waals surface area (Å²) >= 11 is 0. The standard InChI is InChI=1S/C16H26N2/c1-13-4-7-18(8-5-13)9-6-17-16-11-14(2)10-15(3)12-16/h10-13,17H,4-9H2,1-3H3. The fourth-order valence-electron chi connectivity index (χ4n) is 2.72. The molecule has 2 nitrogen and oxygen atoms in total. The van der Waals surface area contributed by atoms with E-state index in [-0.39, 0.29) is 0 Å².